The van der Waals surface area contributed by atoms with Gasteiger partial charge in [-0.05, 0) is 30.0 Å². The molecule has 24 heavy (non-hydrogen) atoms. The summed E-state index contributed by atoms with van der Waals surface area (Å²) in [4.78, 5) is 37.0. The molecule has 1 aromatic rings. The van der Waals surface area contributed by atoms with E-state index in [1.807, 2.05) is 26.0 Å². The molecule has 0 saturated carbocycles. The van der Waals surface area contributed by atoms with Crippen molar-refractivity contribution in [3.63, 3.8) is 0 Å². The predicted molar refractivity (Wildman–Crippen MR) is 88.3 cm³/mol. The molecule has 0 aliphatic carbocycles. The van der Waals surface area contributed by atoms with Crippen LogP contribution in [0.25, 0.3) is 0 Å². The van der Waals surface area contributed by atoms with Gasteiger partial charge in [0, 0.05) is 6.54 Å². The first kappa shape index (κ1) is 17.8. The molecule has 1 atom stereocenters. The summed E-state index contributed by atoms with van der Waals surface area (Å²) in [6, 6.07) is 6.24. The van der Waals surface area contributed by atoms with Crippen molar-refractivity contribution in [3.8, 4) is 5.75 Å². The molecule has 1 saturated heterocycles. The van der Waals surface area contributed by atoms with Gasteiger partial charge in [-0.1, -0.05) is 26.0 Å². The third-order valence-corrected chi connectivity index (χ3v) is 3.76. The number of imide groups is 1. The number of carbonyl (C=O) groups excluding carboxylic acids is 3. The molecule has 4 amide bonds. The number of hydrogen-bond acceptors (Lipinski definition) is 4. The van der Waals surface area contributed by atoms with Crippen LogP contribution < -0.4 is 15.4 Å². The van der Waals surface area contributed by atoms with E-state index >= 15 is 0 Å². The fourth-order valence-electron chi connectivity index (χ4n) is 2.50. The second-order valence-electron chi connectivity index (χ2n) is 6.18. The lowest BCUT2D eigenvalue weighted by molar-refractivity contribution is -0.132. The molecule has 1 heterocycles. The van der Waals surface area contributed by atoms with Crippen LogP contribution in [0.2, 0.25) is 0 Å². The van der Waals surface area contributed by atoms with Gasteiger partial charge in [-0.25, -0.2) is 4.79 Å². The number of urea groups is 1. The molecular formula is C17H23N3O4. The summed E-state index contributed by atoms with van der Waals surface area (Å²) < 4.78 is 5.07. The molecule has 0 radical (unpaired) electrons. The van der Waals surface area contributed by atoms with Gasteiger partial charge in [0.05, 0.1) is 7.11 Å². The summed E-state index contributed by atoms with van der Waals surface area (Å²) in [7, 11) is 1.58. The summed E-state index contributed by atoms with van der Waals surface area (Å²) in [6.07, 6.45) is 0.564. The summed E-state index contributed by atoms with van der Waals surface area (Å²) in [6.45, 7) is 4.00. The number of methoxy groups -OCH3 is 1. The van der Waals surface area contributed by atoms with Crippen molar-refractivity contribution in [1.29, 1.82) is 0 Å². The highest BCUT2D eigenvalue weighted by atomic mass is 16.5. The van der Waals surface area contributed by atoms with Crippen LogP contribution in [0.4, 0.5) is 4.79 Å². The molecule has 2 rings (SSSR count). The van der Waals surface area contributed by atoms with E-state index in [1.165, 1.54) is 0 Å². The third kappa shape index (κ3) is 4.47. The molecule has 2 N–H and O–H groups in total. The van der Waals surface area contributed by atoms with Gasteiger partial charge in [0.1, 0.15) is 18.3 Å². The molecule has 1 unspecified atom stereocenters. The Morgan fingerprint density at radius 1 is 1.29 bits per heavy atom. The van der Waals surface area contributed by atoms with Crippen molar-refractivity contribution in [2.45, 2.75) is 32.9 Å². The molecule has 1 aromatic carbocycles. The number of hydrogen-bond donors (Lipinski definition) is 2. The van der Waals surface area contributed by atoms with Gasteiger partial charge >= 0.3 is 6.03 Å². The molecule has 1 fully saturated rings. The lowest BCUT2D eigenvalue weighted by atomic mass is 10.0. The van der Waals surface area contributed by atoms with E-state index in [9.17, 15) is 14.4 Å². The minimum absolute atomic E-state index is 0.268. The maximum atomic E-state index is 12.2. The number of amides is 4. The maximum Gasteiger partial charge on any atom is 0.325 e. The summed E-state index contributed by atoms with van der Waals surface area (Å²) in [5.41, 5.74) is 0.902. The Morgan fingerprint density at radius 2 is 1.96 bits per heavy atom. The zero-order chi connectivity index (χ0) is 17.7. The molecule has 1 aliphatic rings. The topological polar surface area (TPSA) is 87.7 Å². The Bertz CT molecular complexity index is 613. The van der Waals surface area contributed by atoms with E-state index in [1.54, 1.807) is 19.2 Å². The van der Waals surface area contributed by atoms with E-state index in [2.05, 4.69) is 10.6 Å². The second kappa shape index (κ2) is 7.81. The first-order valence-corrected chi connectivity index (χ1v) is 7.92. The monoisotopic (exact) mass is 333 g/mol. The van der Waals surface area contributed by atoms with E-state index in [4.69, 9.17) is 4.74 Å². The summed E-state index contributed by atoms with van der Waals surface area (Å²) in [5.74, 6) is 0.302. The van der Waals surface area contributed by atoms with Crippen molar-refractivity contribution in [2.24, 2.45) is 5.92 Å². The van der Waals surface area contributed by atoms with Crippen molar-refractivity contribution in [2.75, 3.05) is 13.7 Å². The minimum atomic E-state index is -0.535. The number of benzene rings is 1. The number of ether oxygens (including phenoxy) is 1. The van der Waals surface area contributed by atoms with E-state index in [0.717, 1.165) is 16.2 Å². The second-order valence-corrected chi connectivity index (χ2v) is 6.18. The standard InChI is InChI=1S/C17H23N3O4/c1-11(2)8-14-16(22)20(17(23)19-14)10-15(21)18-9-12-4-6-13(24-3)7-5-12/h4-7,11,14H,8-10H2,1-3H3,(H,18,21)(H,19,23). The Morgan fingerprint density at radius 3 is 2.54 bits per heavy atom. The number of nitrogens with zero attached hydrogens (tertiary/aromatic N) is 1. The first-order chi connectivity index (χ1) is 11.4. The summed E-state index contributed by atoms with van der Waals surface area (Å²) >= 11 is 0. The molecule has 7 nitrogen and oxygen atoms in total. The highest BCUT2D eigenvalue weighted by Crippen LogP contribution is 2.14. The van der Waals surface area contributed by atoms with Crippen molar-refractivity contribution < 1.29 is 19.1 Å². The fourth-order valence-corrected chi connectivity index (χ4v) is 2.50. The van der Waals surface area contributed by atoms with Crippen LogP contribution in [0, 0.1) is 5.92 Å². The molecule has 0 bridgehead atoms. The quantitative estimate of drug-likeness (QED) is 0.736. The Hall–Kier alpha value is -2.57. The van der Waals surface area contributed by atoms with Crippen LogP contribution in [-0.4, -0.2) is 42.4 Å². The number of rotatable bonds is 7. The summed E-state index contributed by atoms with van der Waals surface area (Å²) in [5, 5.41) is 5.33. The minimum Gasteiger partial charge on any atom is -0.497 e. The lowest BCUT2D eigenvalue weighted by Gasteiger charge is -2.14. The van der Waals surface area contributed by atoms with Crippen LogP contribution in [0.5, 0.6) is 5.75 Å². The van der Waals surface area contributed by atoms with Gasteiger partial charge in [0.2, 0.25) is 5.91 Å². The molecule has 7 heteroatoms. The Balaban J connectivity index is 1.85. The van der Waals surface area contributed by atoms with Crippen molar-refractivity contribution >= 4 is 17.8 Å². The molecule has 0 spiro atoms. The molecule has 1 aliphatic heterocycles. The fraction of sp³-hybridized carbons (Fsp3) is 0.471. The molecule has 0 aromatic heterocycles. The van der Waals surface area contributed by atoms with Crippen LogP contribution in [0.3, 0.4) is 0 Å². The van der Waals surface area contributed by atoms with Gasteiger partial charge in [-0.2, -0.15) is 0 Å². The van der Waals surface area contributed by atoms with Gasteiger partial charge in [0.15, 0.2) is 0 Å². The van der Waals surface area contributed by atoms with Crippen LogP contribution in [0.15, 0.2) is 24.3 Å². The maximum absolute atomic E-state index is 12.2. The molecule has 130 valence electrons. The van der Waals surface area contributed by atoms with Gasteiger partial charge < -0.3 is 15.4 Å². The number of carbonyl (C=O) groups is 3. The average Bonchev–Trinajstić information content (AvgIpc) is 2.80. The van der Waals surface area contributed by atoms with Crippen LogP contribution in [-0.2, 0) is 16.1 Å². The normalized spacial score (nSPS) is 17.2. The van der Waals surface area contributed by atoms with Gasteiger partial charge in [-0.3, -0.25) is 14.5 Å². The third-order valence-electron chi connectivity index (χ3n) is 3.76. The smallest absolute Gasteiger partial charge is 0.325 e. The van der Waals surface area contributed by atoms with Crippen LogP contribution in [0.1, 0.15) is 25.8 Å². The zero-order valence-corrected chi connectivity index (χ0v) is 14.2. The molecular weight excluding hydrogens is 310 g/mol. The zero-order valence-electron chi connectivity index (χ0n) is 14.2. The largest absolute Gasteiger partial charge is 0.497 e. The average molecular weight is 333 g/mol. The van der Waals surface area contributed by atoms with Crippen molar-refractivity contribution in [1.82, 2.24) is 15.5 Å². The SMILES string of the molecule is COc1ccc(CNC(=O)CN2C(=O)NC(CC(C)C)C2=O)cc1. The predicted octanol–water partition coefficient (Wildman–Crippen LogP) is 1.28. The number of nitrogens with one attached hydrogen (secondary N) is 2. The van der Waals surface area contributed by atoms with Crippen LogP contribution >= 0.6 is 0 Å². The van der Waals surface area contributed by atoms with E-state index in [0.29, 0.717) is 13.0 Å². The lowest BCUT2D eigenvalue weighted by Crippen LogP contribution is -2.41. The van der Waals surface area contributed by atoms with Crippen molar-refractivity contribution in [3.05, 3.63) is 29.8 Å². The Kier molecular flexibility index (Phi) is 5.78. The van der Waals surface area contributed by atoms with Gasteiger partial charge in [-0.15, -0.1) is 0 Å². The highest BCUT2D eigenvalue weighted by Gasteiger charge is 2.38. The Labute approximate surface area is 141 Å². The van der Waals surface area contributed by atoms with E-state index in [-0.39, 0.29) is 24.3 Å². The van der Waals surface area contributed by atoms with E-state index < -0.39 is 12.1 Å². The first-order valence-electron chi connectivity index (χ1n) is 7.92. The van der Waals surface area contributed by atoms with Gasteiger partial charge in [0.25, 0.3) is 5.91 Å². The highest BCUT2D eigenvalue weighted by molar-refractivity contribution is 6.06.